The second-order valence-electron chi connectivity index (χ2n) is 5.67. The Bertz CT molecular complexity index is 465. The van der Waals surface area contributed by atoms with E-state index in [4.69, 9.17) is 9.47 Å². The first-order valence-electron chi connectivity index (χ1n) is 8.01. The van der Waals surface area contributed by atoms with Crippen LogP contribution in [0.2, 0.25) is 0 Å². The molecule has 5 nitrogen and oxygen atoms in total. The van der Waals surface area contributed by atoms with Crippen LogP contribution in [0.15, 0.2) is 18.2 Å². The molecule has 122 valence electrons. The number of amides is 2. The molecule has 1 atom stereocenters. The molecule has 0 saturated carbocycles. The number of hydrogen-bond acceptors (Lipinski definition) is 3. The second kappa shape index (κ2) is 8.76. The lowest BCUT2D eigenvalue weighted by atomic mass is 10.1. The van der Waals surface area contributed by atoms with Crippen molar-refractivity contribution in [3.05, 3.63) is 29.3 Å². The Morgan fingerprint density at radius 3 is 2.77 bits per heavy atom. The van der Waals surface area contributed by atoms with Crippen molar-refractivity contribution in [3.8, 4) is 0 Å². The van der Waals surface area contributed by atoms with E-state index in [9.17, 15) is 4.79 Å². The summed E-state index contributed by atoms with van der Waals surface area (Å²) in [5.74, 6) is 0. The predicted octanol–water partition coefficient (Wildman–Crippen LogP) is 3.36. The van der Waals surface area contributed by atoms with Crippen LogP contribution in [0.3, 0.4) is 0 Å². The van der Waals surface area contributed by atoms with Gasteiger partial charge in [-0.05, 0) is 50.7 Å². The minimum atomic E-state index is -0.175. The topological polar surface area (TPSA) is 59.6 Å². The van der Waals surface area contributed by atoms with Gasteiger partial charge >= 0.3 is 6.03 Å². The van der Waals surface area contributed by atoms with E-state index < -0.39 is 0 Å². The number of ether oxygens (including phenoxy) is 2. The normalized spacial score (nSPS) is 18.0. The Morgan fingerprint density at radius 1 is 1.32 bits per heavy atom. The molecular weight excluding hydrogens is 280 g/mol. The fraction of sp³-hybridized carbons (Fsp3) is 0.588. The molecule has 2 N–H and O–H groups in total. The summed E-state index contributed by atoms with van der Waals surface area (Å²) in [6, 6.07) is 5.78. The lowest BCUT2D eigenvalue weighted by molar-refractivity contribution is -0.162. The fourth-order valence-electron chi connectivity index (χ4n) is 2.50. The van der Waals surface area contributed by atoms with Crippen LogP contribution >= 0.6 is 0 Å². The molecule has 0 bridgehead atoms. The molecule has 0 aromatic heterocycles. The average molecular weight is 306 g/mol. The lowest BCUT2D eigenvalue weighted by Crippen LogP contribution is -2.31. The molecule has 1 aliphatic rings. The number of aryl methyl sites for hydroxylation is 2. The third-order valence-electron chi connectivity index (χ3n) is 3.77. The number of nitrogens with one attached hydrogen (secondary N) is 2. The van der Waals surface area contributed by atoms with Crippen molar-refractivity contribution >= 4 is 11.7 Å². The van der Waals surface area contributed by atoms with Crippen LogP contribution in [-0.2, 0) is 9.47 Å². The molecule has 1 aromatic rings. The molecule has 1 aromatic carbocycles. The molecule has 2 amide bonds. The molecule has 0 spiro atoms. The summed E-state index contributed by atoms with van der Waals surface area (Å²) in [5, 5.41) is 5.76. The summed E-state index contributed by atoms with van der Waals surface area (Å²) < 4.78 is 11.1. The summed E-state index contributed by atoms with van der Waals surface area (Å²) in [6.45, 7) is 5.96. The van der Waals surface area contributed by atoms with E-state index in [1.165, 1.54) is 6.42 Å². The number of rotatable bonds is 6. The van der Waals surface area contributed by atoms with E-state index >= 15 is 0 Å². The first-order valence-corrected chi connectivity index (χ1v) is 8.01. The maximum Gasteiger partial charge on any atom is 0.319 e. The third kappa shape index (κ3) is 5.31. The Balaban J connectivity index is 1.61. The van der Waals surface area contributed by atoms with Crippen molar-refractivity contribution in [3.63, 3.8) is 0 Å². The van der Waals surface area contributed by atoms with Crippen molar-refractivity contribution in [2.45, 2.75) is 45.8 Å². The highest BCUT2D eigenvalue weighted by Gasteiger charge is 2.13. The van der Waals surface area contributed by atoms with Gasteiger partial charge < -0.3 is 20.1 Å². The van der Waals surface area contributed by atoms with Crippen LogP contribution < -0.4 is 10.6 Å². The maximum atomic E-state index is 11.9. The molecule has 1 aliphatic heterocycles. The lowest BCUT2D eigenvalue weighted by Gasteiger charge is -2.22. The smallest absolute Gasteiger partial charge is 0.319 e. The van der Waals surface area contributed by atoms with Crippen molar-refractivity contribution in [2.24, 2.45) is 0 Å². The van der Waals surface area contributed by atoms with E-state index in [1.54, 1.807) is 0 Å². The van der Waals surface area contributed by atoms with Gasteiger partial charge in [-0.15, -0.1) is 0 Å². The highest BCUT2D eigenvalue weighted by molar-refractivity contribution is 5.90. The standard InChI is InChI=1S/C17H26N2O3/c1-13-7-5-8-14(2)16(13)19-17(20)18-10-6-12-22-15-9-3-4-11-21-15/h5,7-8,15H,3-4,6,9-12H2,1-2H3,(H2,18,19,20). The summed E-state index contributed by atoms with van der Waals surface area (Å²) in [4.78, 5) is 11.9. The van der Waals surface area contributed by atoms with Gasteiger partial charge in [0.2, 0.25) is 0 Å². The number of carbonyl (C=O) groups is 1. The van der Waals surface area contributed by atoms with E-state index in [-0.39, 0.29) is 12.3 Å². The van der Waals surface area contributed by atoms with Crippen molar-refractivity contribution < 1.29 is 14.3 Å². The van der Waals surface area contributed by atoms with Crippen LogP contribution in [0.25, 0.3) is 0 Å². The monoisotopic (exact) mass is 306 g/mol. The highest BCUT2D eigenvalue weighted by Crippen LogP contribution is 2.19. The minimum absolute atomic E-state index is 0.0582. The first kappa shape index (κ1) is 16.8. The molecule has 5 heteroatoms. The number of urea groups is 1. The van der Waals surface area contributed by atoms with Gasteiger partial charge in [0, 0.05) is 18.8 Å². The summed E-state index contributed by atoms with van der Waals surface area (Å²) in [7, 11) is 0. The van der Waals surface area contributed by atoms with Gasteiger partial charge in [-0.2, -0.15) is 0 Å². The Kier molecular flexibility index (Phi) is 6.68. The summed E-state index contributed by atoms with van der Waals surface area (Å²) in [6.07, 6.45) is 3.99. The van der Waals surface area contributed by atoms with Crippen molar-refractivity contribution in [2.75, 3.05) is 25.1 Å². The molecule has 1 saturated heterocycles. The molecule has 1 heterocycles. The van der Waals surface area contributed by atoms with Gasteiger partial charge in [0.1, 0.15) is 0 Å². The largest absolute Gasteiger partial charge is 0.353 e. The van der Waals surface area contributed by atoms with Gasteiger partial charge in [-0.1, -0.05) is 18.2 Å². The molecule has 0 aliphatic carbocycles. The third-order valence-corrected chi connectivity index (χ3v) is 3.77. The summed E-state index contributed by atoms with van der Waals surface area (Å²) >= 11 is 0. The Labute approximate surface area is 132 Å². The molecule has 2 rings (SSSR count). The van der Waals surface area contributed by atoms with E-state index in [0.717, 1.165) is 42.7 Å². The Hall–Kier alpha value is -1.59. The van der Waals surface area contributed by atoms with Crippen LogP contribution in [0.4, 0.5) is 10.5 Å². The number of benzene rings is 1. The summed E-state index contributed by atoms with van der Waals surface area (Å²) in [5.41, 5.74) is 3.01. The molecular formula is C17H26N2O3. The van der Waals surface area contributed by atoms with Crippen LogP contribution in [-0.4, -0.2) is 32.1 Å². The van der Waals surface area contributed by atoms with Gasteiger partial charge in [0.25, 0.3) is 0 Å². The molecule has 0 radical (unpaired) electrons. The van der Waals surface area contributed by atoms with Crippen LogP contribution in [0.5, 0.6) is 0 Å². The number of hydrogen-bond donors (Lipinski definition) is 2. The zero-order chi connectivity index (χ0) is 15.8. The highest BCUT2D eigenvalue weighted by atomic mass is 16.7. The Morgan fingerprint density at radius 2 is 2.09 bits per heavy atom. The van der Waals surface area contributed by atoms with E-state index in [0.29, 0.717) is 13.2 Å². The average Bonchev–Trinajstić information content (AvgIpc) is 2.52. The van der Waals surface area contributed by atoms with Crippen LogP contribution in [0.1, 0.15) is 36.8 Å². The minimum Gasteiger partial charge on any atom is -0.353 e. The number of para-hydroxylation sites is 1. The number of anilines is 1. The van der Waals surface area contributed by atoms with Gasteiger partial charge in [-0.3, -0.25) is 0 Å². The van der Waals surface area contributed by atoms with Crippen molar-refractivity contribution in [1.29, 1.82) is 0 Å². The molecule has 1 fully saturated rings. The van der Waals surface area contributed by atoms with E-state index in [2.05, 4.69) is 10.6 Å². The first-order chi connectivity index (χ1) is 10.7. The second-order valence-corrected chi connectivity index (χ2v) is 5.67. The molecule has 1 unspecified atom stereocenters. The fourth-order valence-corrected chi connectivity index (χ4v) is 2.50. The quantitative estimate of drug-likeness (QED) is 0.792. The molecule has 22 heavy (non-hydrogen) atoms. The van der Waals surface area contributed by atoms with Gasteiger partial charge in [0.05, 0.1) is 6.61 Å². The number of carbonyl (C=O) groups excluding carboxylic acids is 1. The van der Waals surface area contributed by atoms with Crippen LogP contribution in [0, 0.1) is 13.8 Å². The maximum absolute atomic E-state index is 11.9. The SMILES string of the molecule is Cc1cccc(C)c1NC(=O)NCCCOC1CCCCO1. The predicted molar refractivity (Wildman–Crippen MR) is 87.1 cm³/mol. The van der Waals surface area contributed by atoms with Gasteiger partial charge in [-0.25, -0.2) is 4.79 Å². The van der Waals surface area contributed by atoms with Gasteiger partial charge in [0.15, 0.2) is 6.29 Å². The van der Waals surface area contributed by atoms with Crippen molar-refractivity contribution in [1.82, 2.24) is 5.32 Å². The van der Waals surface area contributed by atoms with E-state index in [1.807, 2.05) is 32.0 Å². The zero-order valence-electron chi connectivity index (χ0n) is 13.5. The zero-order valence-corrected chi connectivity index (χ0v) is 13.5.